The second kappa shape index (κ2) is 7.79. The van der Waals surface area contributed by atoms with Crippen LogP contribution in [0.4, 0.5) is 13.2 Å². The first kappa shape index (κ1) is 18.0. The van der Waals surface area contributed by atoms with Gasteiger partial charge in [-0.3, -0.25) is 4.90 Å². The van der Waals surface area contributed by atoms with Gasteiger partial charge < -0.3 is 9.84 Å². The molecule has 7 heteroatoms. The standard InChI is InChI=1S/C14H24F3N3O/c1-10(2)6-18-7-12-5-13(21-19-12)8-20(11(3)4)9-14(15,16)17/h5,10-11,18H,6-9H2,1-4H3. The monoisotopic (exact) mass is 307 g/mol. The van der Waals surface area contributed by atoms with Gasteiger partial charge in [-0.1, -0.05) is 19.0 Å². The van der Waals surface area contributed by atoms with E-state index in [4.69, 9.17) is 4.52 Å². The number of aromatic nitrogens is 1. The summed E-state index contributed by atoms with van der Waals surface area (Å²) in [6.07, 6.45) is -4.22. The molecule has 0 fully saturated rings. The molecule has 0 aliphatic rings. The molecule has 0 spiro atoms. The van der Waals surface area contributed by atoms with Gasteiger partial charge in [-0.15, -0.1) is 0 Å². The van der Waals surface area contributed by atoms with Crippen LogP contribution in [0, 0.1) is 5.92 Å². The van der Waals surface area contributed by atoms with Gasteiger partial charge >= 0.3 is 6.18 Å². The van der Waals surface area contributed by atoms with Crippen molar-refractivity contribution < 1.29 is 17.7 Å². The second-order valence-corrected chi connectivity index (χ2v) is 5.92. The Hall–Kier alpha value is -1.08. The summed E-state index contributed by atoms with van der Waals surface area (Å²) < 4.78 is 42.7. The quantitative estimate of drug-likeness (QED) is 0.801. The number of hydrogen-bond donors (Lipinski definition) is 1. The molecule has 1 aromatic heterocycles. The fourth-order valence-corrected chi connectivity index (χ4v) is 1.85. The largest absolute Gasteiger partial charge is 0.401 e. The maximum Gasteiger partial charge on any atom is 0.401 e. The summed E-state index contributed by atoms with van der Waals surface area (Å²) in [6.45, 7) is 8.22. The van der Waals surface area contributed by atoms with E-state index < -0.39 is 12.7 Å². The molecule has 0 amide bonds. The normalized spacial score (nSPS) is 12.9. The van der Waals surface area contributed by atoms with E-state index >= 15 is 0 Å². The molecule has 1 aromatic rings. The van der Waals surface area contributed by atoms with E-state index in [0.717, 1.165) is 6.54 Å². The van der Waals surface area contributed by atoms with Gasteiger partial charge in [-0.05, 0) is 26.3 Å². The van der Waals surface area contributed by atoms with E-state index in [2.05, 4.69) is 24.3 Å². The molecule has 0 unspecified atom stereocenters. The van der Waals surface area contributed by atoms with Crippen molar-refractivity contribution in [3.63, 3.8) is 0 Å². The zero-order valence-corrected chi connectivity index (χ0v) is 13.0. The lowest BCUT2D eigenvalue weighted by Gasteiger charge is -2.26. The van der Waals surface area contributed by atoms with Crippen LogP contribution in [-0.2, 0) is 13.1 Å². The zero-order valence-electron chi connectivity index (χ0n) is 13.0. The third-order valence-corrected chi connectivity index (χ3v) is 2.94. The molecule has 1 N–H and O–H groups in total. The lowest BCUT2D eigenvalue weighted by atomic mass is 10.2. The molecule has 0 aliphatic heterocycles. The Morgan fingerprint density at radius 3 is 2.48 bits per heavy atom. The van der Waals surface area contributed by atoms with Crippen LogP contribution >= 0.6 is 0 Å². The molecule has 0 radical (unpaired) electrons. The summed E-state index contributed by atoms with van der Waals surface area (Å²) >= 11 is 0. The summed E-state index contributed by atoms with van der Waals surface area (Å²) in [6, 6.07) is 1.48. The molecule has 0 bridgehead atoms. The topological polar surface area (TPSA) is 41.3 Å². The summed E-state index contributed by atoms with van der Waals surface area (Å²) in [7, 11) is 0. The summed E-state index contributed by atoms with van der Waals surface area (Å²) in [5, 5.41) is 7.09. The number of hydrogen-bond acceptors (Lipinski definition) is 4. The molecule has 0 saturated heterocycles. The Balaban J connectivity index is 2.54. The first-order valence-electron chi connectivity index (χ1n) is 7.13. The van der Waals surface area contributed by atoms with Crippen LogP contribution in [-0.4, -0.2) is 35.4 Å². The highest BCUT2D eigenvalue weighted by molar-refractivity contribution is 5.05. The Morgan fingerprint density at radius 1 is 1.29 bits per heavy atom. The minimum absolute atomic E-state index is 0.106. The van der Waals surface area contributed by atoms with Crippen LogP contribution in [0.25, 0.3) is 0 Å². The fraction of sp³-hybridized carbons (Fsp3) is 0.786. The zero-order chi connectivity index (χ0) is 16.0. The molecule has 0 aliphatic carbocycles. The highest BCUT2D eigenvalue weighted by atomic mass is 19.4. The van der Waals surface area contributed by atoms with Gasteiger partial charge in [0.15, 0.2) is 5.76 Å². The first-order chi connectivity index (χ1) is 9.67. The first-order valence-corrected chi connectivity index (χ1v) is 7.13. The molecule has 0 aromatic carbocycles. The van der Waals surface area contributed by atoms with Crippen molar-refractivity contribution in [1.82, 2.24) is 15.4 Å². The third kappa shape index (κ3) is 7.47. The molecule has 4 nitrogen and oxygen atoms in total. The van der Waals surface area contributed by atoms with Gasteiger partial charge in [0, 0.05) is 18.7 Å². The van der Waals surface area contributed by atoms with Crippen LogP contribution in [0.3, 0.4) is 0 Å². The van der Waals surface area contributed by atoms with E-state index in [1.165, 1.54) is 4.90 Å². The Bertz CT molecular complexity index is 416. The maximum atomic E-state index is 12.5. The molecule has 1 heterocycles. The summed E-state index contributed by atoms with van der Waals surface area (Å²) in [4.78, 5) is 1.31. The minimum atomic E-state index is -4.22. The molecule has 21 heavy (non-hydrogen) atoms. The minimum Gasteiger partial charge on any atom is -0.360 e. The predicted octanol–water partition coefficient (Wildman–Crippen LogP) is 3.19. The van der Waals surface area contributed by atoms with E-state index in [1.807, 2.05) is 0 Å². The van der Waals surface area contributed by atoms with Crippen LogP contribution in [0.15, 0.2) is 10.6 Å². The molecule has 0 atom stereocenters. The fourth-order valence-electron chi connectivity index (χ4n) is 1.85. The number of rotatable bonds is 8. The van der Waals surface area contributed by atoms with Gasteiger partial charge in [-0.2, -0.15) is 13.2 Å². The molecular formula is C14H24F3N3O. The Morgan fingerprint density at radius 2 is 1.95 bits per heavy atom. The average Bonchev–Trinajstić information content (AvgIpc) is 2.73. The summed E-state index contributed by atoms with van der Waals surface area (Å²) in [5.41, 5.74) is 0.710. The number of alkyl halides is 3. The van der Waals surface area contributed by atoms with Gasteiger partial charge in [0.2, 0.25) is 0 Å². The van der Waals surface area contributed by atoms with Crippen molar-refractivity contribution in [2.24, 2.45) is 5.92 Å². The van der Waals surface area contributed by atoms with Crippen molar-refractivity contribution in [2.75, 3.05) is 13.1 Å². The molecule has 122 valence electrons. The van der Waals surface area contributed by atoms with Gasteiger partial charge in [-0.25, -0.2) is 0 Å². The van der Waals surface area contributed by atoms with Crippen molar-refractivity contribution in [3.8, 4) is 0 Å². The number of nitrogens with one attached hydrogen (secondary N) is 1. The third-order valence-electron chi connectivity index (χ3n) is 2.94. The molecular weight excluding hydrogens is 283 g/mol. The predicted molar refractivity (Wildman–Crippen MR) is 74.6 cm³/mol. The highest BCUT2D eigenvalue weighted by Gasteiger charge is 2.32. The summed E-state index contributed by atoms with van der Waals surface area (Å²) in [5.74, 6) is 0.980. The van der Waals surface area contributed by atoms with Crippen LogP contribution in [0.2, 0.25) is 0 Å². The van der Waals surface area contributed by atoms with Crippen molar-refractivity contribution in [3.05, 3.63) is 17.5 Å². The maximum absolute atomic E-state index is 12.5. The van der Waals surface area contributed by atoms with Gasteiger partial charge in [0.05, 0.1) is 18.8 Å². The van der Waals surface area contributed by atoms with Gasteiger partial charge in [0.25, 0.3) is 0 Å². The molecule has 0 saturated carbocycles. The molecule has 1 rings (SSSR count). The van der Waals surface area contributed by atoms with Crippen LogP contribution in [0.5, 0.6) is 0 Å². The van der Waals surface area contributed by atoms with E-state index in [0.29, 0.717) is 23.9 Å². The lowest BCUT2D eigenvalue weighted by molar-refractivity contribution is -0.151. The van der Waals surface area contributed by atoms with Crippen molar-refractivity contribution in [1.29, 1.82) is 0 Å². The smallest absolute Gasteiger partial charge is 0.360 e. The van der Waals surface area contributed by atoms with Crippen LogP contribution in [0.1, 0.15) is 39.1 Å². The number of halogens is 3. The number of nitrogens with zero attached hydrogens (tertiary/aromatic N) is 2. The van der Waals surface area contributed by atoms with E-state index in [1.54, 1.807) is 19.9 Å². The van der Waals surface area contributed by atoms with Gasteiger partial charge in [0.1, 0.15) is 0 Å². The van der Waals surface area contributed by atoms with E-state index in [9.17, 15) is 13.2 Å². The Kier molecular flexibility index (Phi) is 6.67. The Labute approximate surface area is 123 Å². The van der Waals surface area contributed by atoms with E-state index in [-0.39, 0.29) is 12.6 Å². The van der Waals surface area contributed by atoms with Crippen molar-refractivity contribution in [2.45, 2.75) is 53.0 Å². The highest BCUT2D eigenvalue weighted by Crippen LogP contribution is 2.20. The van der Waals surface area contributed by atoms with Crippen molar-refractivity contribution >= 4 is 0 Å². The SMILES string of the molecule is CC(C)CNCc1cc(CN(CC(F)(F)F)C(C)C)on1. The average molecular weight is 307 g/mol. The lowest BCUT2D eigenvalue weighted by Crippen LogP contribution is -2.38. The second-order valence-electron chi connectivity index (χ2n) is 5.92. The van der Waals surface area contributed by atoms with Crippen LogP contribution < -0.4 is 5.32 Å².